The lowest BCUT2D eigenvalue weighted by atomic mass is 10.0. The van der Waals surface area contributed by atoms with Crippen LogP contribution in [0.4, 0.5) is 4.39 Å². The molecule has 4 heteroatoms. The molecule has 0 saturated heterocycles. The molecule has 0 amide bonds. The highest BCUT2D eigenvalue weighted by molar-refractivity contribution is 5.60. The molecular formula is C18H21FN2O. The van der Waals surface area contributed by atoms with Crippen LogP contribution in [0.5, 0.6) is 0 Å². The second-order valence-electron chi connectivity index (χ2n) is 6.56. The van der Waals surface area contributed by atoms with E-state index in [4.69, 9.17) is 0 Å². The summed E-state index contributed by atoms with van der Waals surface area (Å²) >= 11 is 0. The van der Waals surface area contributed by atoms with Gasteiger partial charge in [0.05, 0.1) is 11.3 Å². The molecule has 0 unspecified atom stereocenters. The average molecular weight is 300 g/mol. The van der Waals surface area contributed by atoms with Gasteiger partial charge in [0.15, 0.2) is 0 Å². The first-order valence-corrected chi connectivity index (χ1v) is 7.61. The van der Waals surface area contributed by atoms with Gasteiger partial charge < -0.3 is 5.11 Å². The van der Waals surface area contributed by atoms with E-state index in [1.165, 1.54) is 6.07 Å². The van der Waals surface area contributed by atoms with E-state index < -0.39 is 5.60 Å². The molecule has 0 aliphatic carbocycles. The monoisotopic (exact) mass is 300 g/mol. The lowest BCUT2D eigenvalue weighted by Crippen LogP contribution is -2.41. The first-order valence-electron chi connectivity index (χ1n) is 7.61. The molecule has 1 N–H and O–H groups in total. The summed E-state index contributed by atoms with van der Waals surface area (Å²) in [6.45, 7) is 5.93. The zero-order valence-electron chi connectivity index (χ0n) is 13.0. The fourth-order valence-corrected chi connectivity index (χ4v) is 2.98. The first kappa shape index (κ1) is 15.1. The molecular weight excluding hydrogens is 279 g/mol. The van der Waals surface area contributed by atoms with Crippen LogP contribution in [-0.4, -0.2) is 33.7 Å². The van der Waals surface area contributed by atoms with Crippen molar-refractivity contribution >= 4 is 0 Å². The minimum atomic E-state index is -0.696. The molecule has 1 aliphatic heterocycles. The van der Waals surface area contributed by atoms with E-state index in [2.05, 4.69) is 9.88 Å². The van der Waals surface area contributed by atoms with E-state index in [-0.39, 0.29) is 5.82 Å². The fraction of sp³-hybridized carbons (Fsp3) is 0.389. The lowest BCUT2D eigenvalue weighted by Gasteiger charge is -2.32. The number of halogens is 1. The van der Waals surface area contributed by atoms with Gasteiger partial charge in [-0.1, -0.05) is 18.2 Å². The molecule has 0 spiro atoms. The number of nitrogens with zero attached hydrogens (tertiary/aromatic N) is 2. The Morgan fingerprint density at radius 2 is 2.00 bits per heavy atom. The van der Waals surface area contributed by atoms with Gasteiger partial charge in [-0.15, -0.1) is 0 Å². The molecule has 116 valence electrons. The van der Waals surface area contributed by atoms with Crippen LogP contribution in [0.25, 0.3) is 11.3 Å². The van der Waals surface area contributed by atoms with E-state index in [0.717, 1.165) is 30.8 Å². The van der Waals surface area contributed by atoms with Crippen LogP contribution in [0.2, 0.25) is 0 Å². The predicted octanol–water partition coefficient (Wildman–Crippen LogP) is 3.02. The van der Waals surface area contributed by atoms with E-state index >= 15 is 0 Å². The molecule has 0 radical (unpaired) electrons. The van der Waals surface area contributed by atoms with Gasteiger partial charge >= 0.3 is 0 Å². The Bertz CT molecular complexity index is 679. The third kappa shape index (κ3) is 3.34. The van der Waals surface area contributed by atoms with E-state index in [1.54, 1.807) is 12.1 Å². The summed E-state index contributed by atoms with van der Waals surface area (Å²) in [5.74, 6) is -0.241. The topological polar surface area (TPSA) is 36.4 Å². The Balaban J connectivity index is 1.84. The molecule has 0 atom stereocenters. The molecule has 1 aromatic carbocycles. The quantitative estimate of drug-likeness (QED) is 0.946. The Kier molecular flexibility index (Phi) is 3.98. The van der Waals surface area contributed by atoms with E-state index in [1.807, 2.05) is 32.0 Å². The summed E-state index contributed by atoms with van der Waals surface area (Å²) in [5, 5.41) is 9.94. The van der Waals surface area contributed by atoms with Gasteiger partial charge in [0.1, 0.15) is 5.82 Å². The van der Waals surface area contributed by atoms with Crippen LogP contribution in [-0.2, 0) is 13.0 Å². The first-order chi connectivity index (χ1) is 10.4. The highest BCUT2D eigenvalue weighted by atomic mass is 19.1. The van der Waals surface area contributed by atoms with Crippen LogP contribution in [0, 0.1) is 5.82 Å². The van der Waals surface area contributed by atoms with Gasteiger partial charge in [0, 0.05) is 37.3 Å². The van der Waals surface area contributed by atoms with Gasteiger partial charge in [0.2, 0.25) is 0 Å². The number of pyridine rings is 1. The third-order valence-corrected chi connectivity index (χ3v) is 3.89. The van der Waals surface area contributed by atoms with Crippen molar-refractivity contribution in [2.24, 2.45) is 0 Å². The average Bonchev–Trinajstić information content (AvgIpc) is 2.45. The van der Waals surface area contributed by atoms with Crippen molar-refractivity contribution in [2.45, 2.75) is 32.4 Å². The SMILES string of the molecule is CC(C)(O)CN1CCc2nc(-c3ccccc3F)ccc2C1. The Hall–Kier alpha value is -1.78. The number of fused-ring (bicyclic) bond motifs is 1. The van der Waals surface area contributed by atoms with Crippen molar-refractivity contribution in [3.05, 3.63) is 53.5 Å². The Morgan fingerprint density at radius 3 is 2.73 bits per heavy atom. The number of β-amino-alcohol motifs (C(OH)–C–C–N with tert-alkyl or cyclic N) is 1. The van der Waals surface area contributed by atoms with Crippen LogP contribution < -0.4 is 0 Å². The maximum Gasteiger partial charge on any atom is 0.132 e. The van der Waals surface area contributed by atoms with Crippen molar-refractivity contribution in [2.75, 3.05) is 13.1 Å². The van der Waals surface area contributed by atoms with Crippen LogP contribution in [0.15, 0.2) is 36.4 Å². The molecule has 0 fully saturated rings. The molecule has 3 rings (SSSR count). The third-order valence-electron chi connectivity index (χ3n) is 3.89. The van der Waals surface area contributed by atoms with Crippen molar-refractivity contribution < 1.29 is 9.50 Å². The highest BCUT2D eigenvalue weighted by Crippen LogP contribution is 2.25. The van der Waals surface area contributed by atoms with Gasteiger partial charge in [0.25, 0.3) is 0 Å². The zero-order chi connectivity index (χ0) is 15.7. The summed E-state index contributed by atoms with van der Waals surface area (Å²) < 4.78 is 13.9. The summed E-state index contributed by atoms with van der Waals surface area (Å²) in [4.78, 5) is 6.88. The molecule has 1 aliphatic rings. The second kappa shape index (κ2) is 5.78. The lowest BCUT2D eigenvalue weighted by molar-refractivity contribution is 0.0315. The van der Waals surface area contributed by atoms with E-state index in [9.17, 15) is 9.50 Å². The largest absolute Gasteiger partial charge is 0.389 e. The van der Waals surface area contributed by atoms with Gasteiger partial charge in [-0.05, 0) is 37.6 Å². The van der Waals surface area contributed by atoms with Crippen LogP contribution >= 0.6 is 0 Å². The van der Waals surface area contributed by atoms with Crippen molar-refractivity contribution in [3.8, 4) is 11.3 Å². The summed E-state index contributed by atoms with van der Waals surface area (Å²) in [6.07, 6.45) is 0.827. The van der Waals surface area contributed by atoms with Crippen molar-refractivity contribution in [1.82, 2.24) is 9.88 Å². The second-order valence-corrected chi connectivity index (χ2v) is 6.56. The number of benzene rings is 1. The fourth-order valence-electron chi connectivity index (χ4n) is 2.98. The molecule has 22 heavy (non-hydrogen) atoms. The predicted molar refractivity (Wildman–Crippen MR) is 84.9 cm³/mol. The number of hydrogen-bond donors (Lipinski definition) is 1. The minimum absolute atomic E-state index is 0.241. The molecule has 2 heterocycles. The van der Waals surface area contributed by atoms with Crippen LogP contribution in [0.3, 0.4) is 0 Å². The summed E-state index contributed by atoms with van der Waals surface area (Å²) in [5.41, 5.74) is 2.73. The van der Waals surface area contributed by atoms with Crippen molar-refractivity contribution in [3.63, 3.8) is 0 Å². The Morgan fingerprint density at radius 1 is 1.23 bits per heavy atom. The number of aromatic nitrogens is 1. The minimum Gasteiger partial charge on any atom is -0.389 e. The maximum atomic E-state index is 13.9. The standard InChI is InChI=1S/C18H21FN2O/c1-18(2,22)12-21-10-9-16-13(11-21)7-8-17(20-16)14-5-3-4-6-15(14)19/h3-8,22H,9-12H2,1-2H3. The van der Waals surface area contributed by atoms with Gasteiger partial charge in [-0.25, -0.2) is 4.39 Å². The Labute approximate surface area is 130 Å². The molecule has 0 saturated carbocycles. The van der Waals surface area contributed by atoms with Gasteiger partial charge in [-0.3, -0.25) is 9.88 Å². The molecule has 1 aromatic heterocycles. The summed E-state index contributed by atoms with van der Waals surface area (Å²) in [7, 11) is 0. The molecule has 2 aromatic rings. The smallest absolute Gasteiger partial charge is 0.132 e. The number of hydrogen-bond acceptors (Lipinski definition) is 3. The van der Waals surface area contributed by atoms with E-state index in [0.29, 0.717) is 17.8 Å². The zero-order valence-corrected chi connectivity index (χ0v) is 13.0. The molecule has 3 nitrogen and oxygen atoms in total. The summed E-state index contributed by atoms with van der Waals surface area (Å²) in [6, 6.07) is 10.6. The highest BCUT2D eigenvalue weighted by Gasteiger charge is 2.23. The van der Waals surface area contributed by atoms with Crippen molar-refractivity contribution in [1.29, 1.82) is 0 Å². The normalized spacial score (nSPS) is 15.6. The van der Waals surface area contributed by atoms with Gasteiger partial charge in [-0.2, -0.15) is 0 Å². The number of aliphatic hydroxyl groups is 1. The maximum absolute atomic E-state index is 13.9. The number of rotatable bonds is 3. The molecule has 0 bridgehead atoms. The van der Waals surface area contributed by atoms with Crippen LogP contribution in [0.1, 0.15) is 25.1 Å².